The lowest BCUT2D eigenvalue weighted by Crippen LogP contribution is -2.22. The van der Waals surface area contributed by atoms with Crippen LogP contribution >= 0.6 is 0 Å². The Morgan fingerprint density at radius 3 is 2.23 bits per heavy atom. The molecule has 1 aliphatic carbocycles. The molecule has 0 spiro atoms. The monoisotopic (exact) mass is 296 g/mol. The largest absolute Gasteiger partial charge is 0.490 e. The van der Waals surface area contributed by atoms with Gasteiger partial charge < -0.3 is 9.47 Å². The third-order valence-corrected chi connectivity index (χ3v) is 4.33. The van der Waals surface area contributed by atoms with Gasteiger partial charge in [0.2, 0.25) is 0 Å². The molecule has 0 radical (unpaired) electrons. The third-order valence-electron chi connectivity index (χ3n) is 4.33. The summed E-state index contributed by atoms with van der Waals surface area (Å²) in [4.78, 5) is 0. The van der Waals surface area contributed by atoms with E-state index >= 15 is 0 Å². The fraction of sp³-hybridized carbons (Fsp3) is 0.400. The van der Waals surface area contributed by atoms with E-state index in [0.29, 0.717) is 6.10 Å². The van der Waals surface area contributed by atoms with Gasteiger partial charge >= 0.3 is 0 Å². The molecule has 2 aromatic carbocycles. The molecule has 0 heterocycles. The van der Waals surface area contributed by atoms with Crippen LogP contribution in [0.25, 0.3) is 0 Å². The van der Waals surface area contributed by atoms with E-state index in [2.05, 4.69) is 26.0 Å². The van der Waals surface area contributed by atoms with Crippen molar-refractivity contribution in [3.8, 4) is 17.2 Å². The van der Waals surface area contributed by atoms with Gasteiger partial charge in [0.25, 0.3) is 0 Å². The van der Waals surface area contributed by atoms with Crippen LogP contribution < -0.4 is 9.47 Å². The van der Waals surface area contributed by atoms with Crippen LogP contribution in [0, 0.1) is 12.8 Å². The van der Waals surface area contributed by atoms with E-state index in [1.54, 1.807) is 0 Å². The van der Waals surface area contributed by atoms with Crippen molar-refractivity contribution in [2.45, 2.75) is 45.6 Å². The Morgan fingerprint density at radius 2 is 1.50 bits per heavy atom. The summed E-state index contributed by atoms with van der Waals surface area (Å²) in [6, 6.07) is 16.0. The number of aryl methyl sites for hydroxylation is 1. The predicted molar refractivity (Wildman–Crippen MR) is 89.7 cm³/mol. The van der Waals surface area contributed by atoms with E-state index in [9.17, 15) is 0 Å². The Kier molecular flexibility index (Phi) is 4.67. The molecule has 2 nitrogen and oxygen atoms in total. The maximum Gasteiger partial charge on any atom is 0.131 e. The van der Waals surface area contributed by atoms with Crippen LogP contribution in [0.5, 0.6) is 17.2 Å². The molecule has 0 unspecified atom stereocenters. The maximum absolute atomic E-state index is 6.12. The molecule has 1 saturated carbocycles. The highest BCUT2D eigenvalue weighted by molar-refractivity contribution is 5.37. The van der Waals surface area contributed by atoms with Crippen LogP contribution in [0.15, 0.2) is 48.5 Å². The van der Waals surface area contributed by atoms with Gasteiger partial charge in [0.15, 0.2) is 0 Å². The summed E-state index contributed by atoms with van der Waals surface area (Å²) in [6.07, 6.45) is 5.20. The second kappa shape index (κ2) is 6.87. The highest BCUT2D eigenvalue weighted by atomic mass is 16.5. The van der Waals surface area contributed by atoms with Crippen molar-refractivity contribution in [3.63, 3.8) is 0 Å². The zero-order valence-electron chi connectivity index (χ0n) is 13.4. The van der Waals surface area contributed by atoms with Gasteiger partial charge in [0, 0.05) is 6.07 Å². The average Bonchev–Trinajstić information content (AvgIpc) is 2.52. The molecule has 2 aromatic rings. The fourth-order valence-electron chi connectivity index (χ4n) is 2.89. The smallest absolute Gasteiger partial charge is 0.131 e. The Morgan fingerprint density at radius 1 is 0.818 bits per heavy atom. The molecule has 1 aliphatic rings. The van der Waals surface area contributed by atoms with Gasteiger partial charge in [-0.1, -0.05) is 30.7 Å². The number of ether oxygens (including phenoxy) is 2. The number of rotatable bonds is 4. The second-order valence-electron chi connectivity index (χ2n) is 6.39. The Labute approximate surface area is 133 Å². The highest BCUT2D eigenvalue weighted by Gasteiger charge is 2.19. The Bertz CT molecular complexity index is 595. The molecule has 0 bridgehead atoms. The summed E-state index contributed by atoms with van der Waals surface area (Å²) in [7, 11) is 0. The maximum atomic E-state index is 6.12. The molecule has 0 aliphatic heterocycles. The molecule has 0 aromatic heterocycles. The minimum absolute atomic E-state index is 0.353. The van der Waals surface area contributed by atoms with Crippen molar-refractivity contribution in [3.05, 3.63) is 54.1 Å². The summed E-state index contributed by atoms with van der Waals surface area (Å²) < 4.78 is 12.0. The van der Waals surface area contributed by atoms with Crippen LogP contribution in [0.1, 0.15) is 38.2 Å². The zero-order chi connectivity index (χ0) is 15.4. The Hall–Kier alpha value is -1.96. The van der Waals surface area contributed by atoms with Gasteiger partial charge in [-0.3, -0.25) is 0 Å². The van der Waals surface area contributed by atoms with Crippen LogP contribution in [0.4, 0.5) is 0 Å². The topological polar surface area (TPSA) is 18.5 Å². The van der Waals surface area contributed by atoms with Crippen LogP contribution in [-0.4, -0.2) is 6.10 Å². The summed E-state index contributed by atoms with van der Waals surface area (Å²) in [5.74, 6) is 3.43. The van der Waals surface area contributed by atoms with Gasteiger partial charge in [-0.2, -0.15) is 0 Å². The average molecular weight is 296 g/mol. The van der Waals surface area contributed by atoms with Gasteiger partial charge in [0.05, 0.1) is 6.10 Å². The summed E-state index contributed by atoms with van der Waals surface area (Å²) in [6.45, 7) is 4.40. The predicted octanol–water partition coefficient (Wildman–Crippen LogP) is 5.74. The molecule has 0 N–H and O–H groups in total. The molecule has 22 heavy (non-hydrogen) atoms. The van der Waals surface area contributed by atoms with Crippen molar-refractivity contribution < 1.29 is 9.47 Å². The number of hydrogen-bond acceptors (Lipinski definition) is 2. The van der Waals surface area contributed by atoms with Crippen molar-refractivity contribution in [2.24, 2.45) is 5.92 Å². The van der Waals surface area contributed by atoms with Crippen molar-refractivity contribution in [2.75, 3.05) is 0 Å². The molecule has 1 fully saturated rings. The van der Waals surface area contributed by atoms with Crippen molar-refractivity contribution in [1.82, 2.24) is 0 Å². The molecule has 116 valence electrons. The lowest BCUT2D eigenvalue weighted by Gasteiger charge is -2.27. The van der Waals surface area contributed by atoms with Gasteiger partial charge in [-0.05, 0) is 62.8 Å². The van der Waals surface area contributed by atoms with Crippen LogP contribution in [0.3, 0.4) is 0 Å². The summed E-state index contributed by atoms with van der Waals surface area (Å²) in [5.41, 5.74) is 1.23. The number of benzene rings is 2. The molecule has 2 heteroatoms. The van der Waals surface area contributed by atoms with E-state index < -0.39 is 0 Å². The zero-order valence-corrected chi connectivity index (χ0v) is 13.4. The first-order valence-corrected chi connectivity index (χ1v) is 8.20. The first kappa shape index (κ1) is 15.0. The summed E-state index contributed by atoms with van der Waals surface area (Å²) in [5, 5.41) is 0. The molecule has 0 atom stereocenters. The van der Waals surface area contributed by atoms with Gasteiger partial charge in [-0.25, -0.2) is 0 Å². The van der Waals surface area contributed by atoms with Crippen molar-refractivity contribution in [1.29, 1.82) is 0 Å². The fourth-order valence-corrected chi connectivity index (χ4v) is 2.89. The number of hydrogen-bond donors (Lipinski definition) is 0. The van der Waals surface area contributed by atoms with E-state index in [-0.39, 0.29) is 0 Å². The van der Waals surface area contributed by atoms with Gasteiger partial charge in [-0.15, -0.1) is 0 Å². The molecule has 3 rings (SSSR count). The second-order valence-corrected chi connectivity index (χ2v) is 6.39. The SMILES string of the molecule is Cc1ccc(Oc2cccc(OC3CCC(C)CC3)c2)cc1. The van der Waals surface area contributed by atoms with Crippen molar-refractivity contribution >= 4 is 0 Å². The van der Waals surface area contributed by atoms with Crippen LogP contribution in [-0.2, 0) is 0 Å². The third kappa shape index (κ3) is 4.03. The molecular weight excluding hydrogens is 272 g/mol. The first-order valence-electron chi connectivity index (χ1n) is 8.20. The first-order chi connectivity index (χ1) is 10.7. The molecule has 0 saturated heterocycles. The van der Waals surface area contributed by atoms with E-state index in [1.807, 2.05) is 36.4 Å². The quantitative estimate of drug-likeness (QED) is 0.715. The summed E-state index contributed by atoms with van der Waals surface area (Å²) >= 11 is 0. The minimum Gasteiger partial charge on any atom is -0.490 e. The van der Waals surface area contributed by atoms with Gasteiger partial charge in [0.1, 0.15) is 17.2 Å². The normalized spacial score (nSPS) is 21.4. The highest BCUT2D eigenvalue weighted by Crippen LogP contribution is 2.30. The molecular formula is C20H24O2. The van der Waals surface area contributed by atoms with E-state index in [4.69, 9.17) is 9.47 Å². The lowest BCUT2D eigenvalue weighted by molar-refractivity contribution is 0.135. The molecule has 0 amide bonds. The van der Waals surface area contributed by atoms with Crippen LogP contribution in [0.2, 0.25) is 0 Å². The minimum atomic E-state index is 0.353. The van der Waals surface area contributed by atoms with E-state index in [1.165, 1.54) is 18.4 Å². The lowest BCUT2D eigenvalue weighted by atomic mass is 9.89. The Balaban J connectivity index is 1.63. The van der Waals surface area contributed by atoms with E-state index in [0.717, 1.165) is 36.0 Å². The standard InChI is InChI=1S/C20H24O2/c1-15-6-10-17(11-7-15)21-19-4-3-5-20(14-19)22-18-12-8-16(2)9-13-18/h3-7,10-11,14,16,18H,8-9,12-13H2,1-2H3.